The summed E-state index contributed by atoms with van der Waals surface area (Å²) in [6.07, 6.45) is 9.58. The number of rotatable bonds is 4. The summed E-state index contributed by atoms with van der Waals surface area (Å²) in [5.74, 6) is 4.47. The van der Waals surface area contributed by atoms with Crippen LogP contribution in [0.25, 0.3) is 0 Å². The molecule has 0 aliphatic rings. The third-order valence-electron chi connectivity index (χ3n) is 1.25. The Balaban J connectivity index is 0. The lowest BCUT2D eigenvalue weighted by Crippen LogP contribution is -2.37. The Kier molecular flexibility index (Phi) is 10.6. The first-order valence-corrected chi connectivity index (χ1v) is 4.83. The number of terminal acetylenes is 2. The van der Waals surface area contributed by atoms with Crippen LogP contribution in [-0.4, -0.2) is 19.2 Å². The van der Waals surface area contributed by atoms with Crippen LogP contribution in [0.15, 0.2) is 0 Å². The summed E-state index contributed by atoms with van der Waals surface area (Å²) < 4.78 is 0. The van der Waals surface area contributed by atoms with Gasteiger partial charge in [-0.1, -0.05) is 26.7 Å². The Labute approximate surface area is 98.1 Å². The molecule has 0 aromatic heterocycles. The summed E-state index contributed by atoms with van der Waals surface area (Å²) in [4.78, 5) is 16.0. The maximum absolute atomic E-state index is 11.2. The molecule has 0 fully saturated rings. The van der Waals surface area contributed by atoms with Crippen LogP contribution < -0.4 is 10.8 Å². The molecule has 0 rings (SSSR count). The molecule has 1 amide bonds. The smallest absolute Gasteiger partial charge is 0.248 e. The molecule has 0 aromatic rings. The van der Waals surface area contributed by atoms with E-state index in [4.69, 9.17) is 11.3 Å². The van der Waals surface area contributed by atoms with Crippen LogP contribution in [-0.2, 0) is 9.63 Å². The SMILES string of the molecule is C#CC.C#CCNCONC(=O)C(C)(C)C. The predicted molar refractivity (Wildman–Crippen MR) is 64.9 cm³/mol. The molecule has 0 aliphatic heterocycles. The predicted octanol–water partition coefficient (Wildman–Crippen LogP) is 0.900. The highest BCUT2D eigenvalue weighted by Crippen LogP contribution is 2.11. The van der Waals surface area contributed by atoms with Crippen molar-refractivity contribution in [2.24, 2.45) is 5.41 Å². The molecule has 0 heterocycles. The van der Waals surface area contributed by atoms with Crippen molar-refractivity contribution in [1.29, 1.82) is 0 Å². The van der Waals surface area contributed by atoms with Gasteiger partial charge in [-0.15, -0.1) is 18.8 Å². The molecule has 0 saturated heterocycles. The number of nitrogens with one attached hydrogen (secondary N) is 2. The lowest BCUT2D eigenvalue weighted by Gasteiger charge is -2.16. The maximum Gasteiger partial charge on any atom is 0.248 e. The van der Waals surface area contributed by atoms with Crippen LogP contribution in [0.2, 0.25) is 0 Å². The summed E-state index contributed by atoms with van der Waals surface area (Å²) in [6, 6.07) is 0. The number of amides is 1. The molecule has 0 aromatic carbocycles. The van der Waals surface area contributed by atoms with E-state index in [-0.39, 0.29) is 12.6 Å². The van der Waals surface area contributed by atoms with Gasteiger partial charge in [0, 0.05) is 5.41 Å². The van der Waals surface area contributed by atoms with Crippen molar-refractivity contribution in [1.82, 2.24) is 10.8 Å². The Morgan fingerprint density at radius 2 is 1.88 bits per heavy atom. The first-order valence-electron chi connectivity index (χ1n) is 4.83. The van der Waals surface area contributed by atoms with Crippen LogP contribution in [0.3, 0.4) is 0 Å². The van der Waals surface area contributed by atoms with Crippen molar-refractivity contribution in [2.75, 3.05) is 13.3 Å². The minimum Gasteiger partial charge on any atom is -0.282 e. The monoisotopic (exact) mass is 224 g/mol. The molecule has 0 spiro atoms. The molecule has 2 N–H and O–H groups in total. The highest BCUT2D eigenvalue weighted by atomic mass is 16.7. The summed E-state index contributed by atoms with van der Waals surface area (Å²) >= 11 is 0. The third kappa shape index (κ3) is 12.5. The Hall–Kier alpha value is -1.49. The molecule has 0 atom stereocenters. The van der Waals surface area contributed by atoms with Gasteiger partial charge in [-0.3, -0.25) is 14.9 Å². The van der Waals surface area contributed by atoms with E-state index in [1.165, 1.54) is 0 Å². The molecule has 0 saturated carbocycles. The van der Waals surface area contributed by atoms with Gasteiger partial charge in [0.05, 0.1) is 6.54 Å². The summed E-state index contributed by atoms with van der Waals surface area (Å²) in [7, 11) is 0. The van der Waals surface area contributed by atoms with Crippen LogP contribution in [0.1, 0.15) is 27.7 Å². The second kappa shape index (κ2) is 10.0. The number of hydrogen-bond donors (Lipinski definition) is 2. The Bertz CT molecular complexity index is 266. The lowest BCUT2D eigenvalue weighted by molar-refractivity contribution is -0.142. The number of hydroxylamine groups is 1. The van der Waals surface area contributed by atoms with Gasteiger partial charge in [-0.2, -0.15) is 0 Å². The number of hydrogen-bond acceptors (Lipinski definition) is 3. The standard InChI is InChI=1S/C9H16N2O2.C3H4/c1-5-6-10-7-13-11-8(12)9(2,3)4;1-3-2/h1,10H,6-7H2,2-4H3,(H,11,12);1H,2H3. The van der Waals surface area contributed by atoms with Gasteiger partial charge in [0.25, 0.3) is 0 Å². The van der Waals surface area contributed by atoms with Crippen LogP contribution in [0.5, 0.6) is 0 Å². The van der Waals surface area contributed by atoms with Crippen LogP contribution in [0, 0.1) is 30.1 Å². The van der Waals surface area contributed by atoms with Gasteiger partial charge >= 0.3 is 0 Å². The average Bonchev–Trinajstić information content (AvgIpc) is 2.17. The van der Waals surface area contributed by atoms with E-state index in [0.717, 1.165) is 0 Å². The first-order chi connectivity index (χ1) is 7.40. The molecular weight excluding hydrogens is 204 g/mol. The first kappa shape index (κ1) is 16.9. The fourth-order valence-electron chi connectivity index (χ4n) is 0.429. The molecule has 90 valence electrons. The summed E-state index contributed by atoms with van der Waals surface area (Å²) in [5.41, 5.74) is 1.87. The molecule has 4 heteroatoms. The Morgan fingerprint density at radius 1 is 1.38 bits per heavy atom. The van der Waals surface area contributed by atoms with E-state index in [1.807, 2.05) is 0 Å². The molecule has 4 nitrogen and oxygen atoms in total. The van der Waals surface area contributed by atoms with E-state index >= 15 is 0 Å². The highest BCUT2D eigenvalue weighted by molar-refractivity contribution is 5.80. The lowest BCUT2D eigenvalue weighted by atomic mass is 9.96. The quantitative estimate of drug-likeness (QED) is 0.323. The number of carbonyl (C=O) groups excluding carboxylic acids is 1. The second-order valence-electron chi connectivity index (χ2n) is 3.89. The van der Waals surface area contributed by atoms with Crippen molar-refractivity contribution in [2.45, 2.75) is 27.7 Å². The van der Waals surface area contributed by atoms with Crippen molar-refractivity contribution in [3.05, 3.63) is 0 Å². The van der Waals surface area contributed by atoms with Gasteiger partial charge in [-0.05, 0) is 6.92 Å². The largest absolute Gasteiger partial charge is 0.282 e. The highest BCUT2D eigenvalue weighted by Gasteiger charge is 2.20. The van der Waals surface area contributed by atoms with E-state index in [9.17, 15) is 4.79 Å². The van der Waals surface area contributed by atoms with Gasteiger partial charge < -0.3 is 0 Å². The van der Waals surface area contributed by atoms with Crippen molar-refractivity contribution >= 4 is 5.91 Å². The van der Waals surface area contributed by atoms with Crippen molar-refractivity contribution < 1.29 is 9.63 Å². The van der Waals surface area contributed by atoms with Gasteiger partial charge in [0.1, 0.15) is 6.73 Å². The molecule has 16 heavy (non-hydrogen) atoms. The molecule has 0 unspecified atom stereocenters. The van der Waals surface area contributed by atoms with E-state index < -0.39 is 5.41 Å². The average molecular weight is 224 g/mol. The van der Waals surface area contributed by atoms with Crippen LogP contribution >= 0.6 is 0 Å². The van der Waals surface area contributed by atoms with Crippen LogP contribution in [0.4, 0.5) is 0 Å². The van der Waals surface area contributed by atoms with E-state index in [1.54, 1.807) is 27.7 Å². The zero-order chi connectivity index (χ0) is 13.0. The third-order valence-corrected chi connectivity index (χ3v) is 1.25. The van der Waals surface area contributed by atoms with E-state index in [0.29, 0.717) is 6.54 Å². The maximum atomic E-state index is 11.2. The Morgan fingerprint density at radius 3 is 2.25 bits per heavy atom. The fourth-order valence-corrected chi connectivity index (χ4v) is 0.429. The summed E-state index contributed by atoms with van der Waals surface area (Å²) in [5, 5.41) is 2.77. The fraction of sp³-hybridized carbons (Fsp3) is 0.583. The number of carbonyl (C=O) groups is 1. The van der Waals surface area contributed by atoms with Crippen molar-refractivity contribution in [3.63, 3.8) is 0 Å². The van der Waals surface area contributed by atoms with E-state index in [2.05, 4.69) is 29.1 Å². The van der Waals surface area contributed by atoms with Gasteiger partial charge in [0.15, 0.2) is 0 Å². The molecule has 0 bridgehead atoms. The van der Waals surface area contributed by atoms with Gasteiger partial charge in [0.2, 0.25) is 5.91 Å². The van der Waals surface area contributed by atoms with Gasteiger partial charge in [-0.25, -0.2) is 5.48 Å². The topological polar surface area (TPSA) is 50.4 Å². The second-order valence-corrected chi connectivity index (χ2v) is 3.89. The molecule has 0 radical (unpaired) electrons. The van der Waals surface area contributed by atoms with Crippen molar-refractivity contribution in [3.8, 4) is 24.7 Å². The molecule has 0 aliphatic carbocycles. The molecular formula is C12H20N2O2. The summed E-state index contributed by atoms with van der Waals surface area (Å²) in [6.45, 7) is 7.71. The zero-order valence-electron chi connectivity index (χ0n) is 10.4. The minimum atomic E-state index is -0.438. The minimum absolute atomic E-state index is 0.157. The normalized spacial score (nSPS) is 9.12. The zero-order valence-corrected chi connectivity index (χ0v) is 10.4.